The normalized spacial score (nSPS) is 20.9. The van der Waals surface area contributed by atoms with E-state index in [-0.39, 0.29) is 23.9 Å². The molecule has 1 saturated heterocycles. The Labute approximate surface area is 121 Å². The van der Waals surface area contributed by atoms with Crippen LogP contribution in [-0.4, -0.2) is 42.5 Å². The molecule has 0 unspecified atom stereocenters. The van der Waals surface area contributed by atoms with E-state index in [0.717, 1.165) is 51.7 Å². The molecule has 2 fully saturated rings. The number of piperidine rings is 1. The summed E-state index contributed by atoms with van der Waals surface area (Å²) in [6.45, 7) is 4.26. The lowest BCUT2D eigenvalue weighted by Crippen LogP contribution is -2.50. The minimum absolute atomic E-state index is 0.0346. The summed E-state index contributed by atoms with van der Waals surface area (Å²) in [7, 11) is 0. The fraction of sp³-hybridized carbons (Fsp3) is 0.867. The maximum atomic E-state index is 12.1. The molecule has 0 aromatic heterocycles. The van der Waals surface area contributed by atoms with Gasteiger partial charge < -0.3 is 15.5 Å². The highest BCUT2D eigenvalue weighted by atomic mass is 16.2. The fourth-order valence-corrected chi connectivity index (χ4v) is 3.08. The van der Waals surface area contributed by atoms with Crippen molar-refractivity contribution < 1.29 is 9.59 Å². The Bertz CT molecular complexity index is 332. The molecule has 1 aliphatic heterocycles. The maximum absolute atomic E-state index is 12.1. The van der Waals surface area contributed by atoms with Crippen LogP contribution in [-0.2, 0) is 4.79 Å². The van der Waals surface area contributed by atoms with E-state index in [1.54, 1.807) is 0 Å². The summed E-state index contributed by atoms with van der Waals surface area (Å²) < 4.78 is 0. The lowest BCUT2D eigenvalue weighted by atomic mass is 10.0. The first-order valence-corrected chi connectivity index (χ1v) is 8.04. The average molecular weight is 281 g/mol. The summed E-state index contributed by atoms with van der Waals surface area (Å²) >= 11 is 0. The van der Waals surface area contributed by atoms with Crippen LogP contribution in [0.5, 0.6) is 0 Å². The van der Waals surface area contributed by atoms with Crippen LogP contribution in [0, 0.1) is 5.92 Å². The SMILES string of the molecule is CCCNC(=O)N1CCC(NC(=O)C2CCCC2)CC1. The van der Waals surface area contributed by atoms with Gasteiger partial charge in [0.15, 0.2) is 0 Å². The second-order valence-corrected chi connectivity index (χ2v) is 5.98. The van der Waals surface area contributed by atoms with E-state index in [0.29, 0.717) is 0 Å². The predicted molar refractivity (Wildman–Crippen MR) is 78.4 cm³/mol. The number of rotatable bonds is 4. The lowest BCUT2D eigenvalue weighted by molar-refractivity contribution is -0.125. The molecule has 2 N–H and O–H groups in total. The van der Waals surface area contributed by atoms with E-state index in [9.17, 15) is 9.59 Å². The fourth-order valence-electron chi connectivity index (χ4n) is 3.08. The van der Waals surface area contributed by atoms with E-state index in [1.807, 2.05) is 11.8 Å². The zero-order chi connectivity index (χ0) is 14.4. The van der Waals surface area contributed by atoms with Gasteiger partial charge >= 0.3 is 6.03 Å². The van der Waals surface area contributed by atoms with Crippen LogP contribution in [0.2, 0.25) is 0 Å². The zero-order valence-electron chi connectivity index (χ0n) is 12.5. The molecule has 114 valence electrons. The molecule has 20 heavy (non-hydrogen) atoms. The van der Waals surface area contributed by atoms with E-state index in [2.05, 4.69) is 10.6 Å². The summed E-state index contributed by atoms with van der Waals surface area (Å²) in [6.07, 6.45) is 7.17. The van der Waals surface area contributed by atoms with Gasteiger partial charge in [0.05, 0.1) is 0 Å². The highest BCUT2D eigenvalue weighted by molar-refractivity contribution is 5.79. The number of likely N-dealkylation sites (tertiary alicyclic amines) is 1. The molecule has 5 nitrogen and oxygen atoms in total. The Morgan fingerprint density at radius 2 is 1.75 bits per heavy atom. The summed E-state index contributed by atoms with van der Waals surface area (Å²) in [5.74, 6) is 0.470. The standard InChI is InChI=1S/C15H27N3O2/c1-2-9-16-15(20)18-10-7-13(8-11-18)17-14(19)12-5-3-4-6-12/h12-13H,2-11H2,1H3,(H,16,20)(H,17,19). The number of carbonyl (C=O) groups is 2. The van der Waals surface area contributed by atoms with E-state index >= 15 is 0 Å². The van der Waals surface area contributed by atoms with Crippen molar-refractivity contribution in [1.82, 2.24) is 15.5 Å². The summed E-state index contributed by atoms with van der Waals surface area (Å²) in [5.41, 5.74) is 0. The molecule has 0 spiro atoms. The van der Waals surface area contributed by atoms with Crippen LogP contribution in [0.25, 0.3) is 0 Å². The number of carbonyl (C=O) groups excluding carboxylic acids is 2. The van der Waals surface area contributed by atoms with Crippen LogP contribution in [0.1, 0.15) is 51.9 Å². The van der Waals surface area contributed by atoms with Crippen molar-refractivity contribution in [3.05, 3.63) is 0 Å². The number of nitrogens with zero attached hydrogens (tertiary/aromatic N) is 1. The van der Waals surface area contributed by atoms with Crippen molar-refractivity contribution in [2.24, 2.45) is 5.92 Å². The van der Waals surface area contributed by atoms with Crippen LogP contribution in [0.15, 0.2) is 0 Å². The van der Waals surface area contributed by atoms with Crippen molar-refractivity contribution in [1.29, 1.82) is 0 Å². The van der Waals surface area contributed by atoms with Gasteiger partial charge in [-0.1, -0.05) is 19.8 Å². The van der Waals surface area contributed by atoms with Crippen LogP contribution >= 0.6 is 0 Å². The first-order valence-electron chi connectivity index (χ1n) is 8.04. The second-order valence-electron chi connectivity index (χ2n) is 5.98. The Hall–Kier alpha value is -1.26. The molecule has 3 amide bonds. The quantitative estimate of drug-likeness (QED) is 0.826. The van der Waals surface area contributed by atoms with E-state index in [1.165, 1.54) is 12.8 Å². The summed E-state index contributed by atoms with van der Waals surface area (Å²) in [4.78, 5) is 25.7. The number of nitrogens with one attached hydrogen (secondary N) is 2. The Morgan fingerprint density at radius 3 is 2.35 bits per heavy atom. The van der Waals surface area contributed by atoms with Crippen molar-refractivity contribution in [3.63, 3.8) is 0 Å². The minimum atomic E-state index is 0.0346. The van der Waals surface area contributed by atoms with Crippen LogP contribution in [0.3, 0.4) is 0 Å². The topological polar surface area (TPSA) is 61.4 Å². The third-order valence-corrected chi connectivity index (χ3v) is 4.38. The molecule has 1 aliphatic carbocycles. The monoisotopic (exact) mass is 281 g/mol. The number of urea groups is 1. The number of amides is 3. The maximum Gasteiger partial charge on any atom is 0.317 e. The largest absolute Gasteiger partial charge is 0.353 e. The Kier molecular flexibility index (Phi) is 5.68. The molecule has 0 aromatic carbocycles. The third-order valence-electron chi connectivity index (χ3n) is 4.38. The molecule has 1 heterocycles. The molecule has 0 aromatic rings. The third kappa shape index (κ3) is 4.12. The van der Waals surface area contributed by atoms with Gasteiger partial charge in [0.2, 0.25) is 5.91 Å². The first-order chi connectivity index (χ1) is 9.70. The molecule has 0 atom stereocenters. The second kappa shape index (κ2) is 7.50. The van der Waals surface area contributed by atoms with Gasteiger partial charge in [0, 0.05) is 31.6 Å². The predicted octanol–water partition coefficient (Wildman–Crippen LogP) is 1.88. The van der Waals surface area contributed by atoms with Gasteiger partial charge in [-0.25, -0.2) is 4.79 Å². The van der Waals surface area contributed by atoms with Crippen molar-refractivity contribution in [2.75, 3.05) is 19.6 Å². The van der Waals surface area contributed by atoms with Crippen molar-refractivity contribution >= 4 is 11.9 Å². The minimum Gasteiger partial charge on any atom is -0.353 e. The summed E-state index contributed by atoms with van der Waals surface area (Å²) in [6, 6.07) is 0.283. The molecule has 1 saturated carbocycles. The molecule has 2 rings (SSSR count). The van der Waals surface area contributed by atoms with Gasteiger partial charge in [-0.05, 0) is 32.1 Å². The smallest absolute Gasteiger partial charge is 0.317 e. The van der Waals surface area contributed by atoms with Crippen molar-refractivity contribution in [3.8, 4) is 0 Å². The highest BCUT2D eigenvalue weighted by Gasteiger charge is 2.27. The van der Waals surface area contributed by atoms with Gasteiger partial charge in [-0.15, -0.1) is 0 Å². The Balaban J connectivity index is 1.68. The first kappa shape index (κ1) is 15.1. The molecular weight excluding hydrogens is 254 g/mol. The van der Waals surface area contributed by atoms with Gasteiger partial charge in [-0.2, -0.15) is 0 Å². The van der Waals surface area contributed by atoms with Crippen LogP contribution in [0.4, 0.5) is 4.79 Å². The Morgan fingerprint density at radius 1 is 1.10 bits per heavy atom. The molecule has 0 radical (unpaired) electrons. The average Bonchev–Trinajstić information content (AvgIpc) is 3.00. The van der Waals surface area contributed by atoms with Gasteiger partial charge in [-0.3, -0.25) is 4.79 Å². The number of hydrogen-bond donors (Lipinski definition) is 2. The molecule has 0 bridgehead atoms. The molecular formula is C15H27N3O2. The lowest BCUT2D eigenvalue weighted by Gasteiger charge is -2.32. The highest BCUT2D eigenvalue weighted by Crippen LogP contribution is 2.25. The van der Waals surface area contributed by atoms with Gasteiger partial charge in [0.25, 0.3) is 0 Å². The van der Waals surface area contributed by atoms with Crippen LogP contribution < -0.4 is 10.6 Å². The zero-order valence-corrected chi connectivity index (χ0v) is 12.5. The van der Waals surface area contributed by atoms with Crippen molar-refractivity contribution in [2.45, 2.75) is 57.9 Å². The molecule has 5 heteroatoms. The van der Waals surface area contributed by atoms with E-state index in [4.69, 9.17) is 0 Å². The summed E-state index contributed by atoms with van der Waals surface area (Å²) in [5, 5.41) is 6.07. The van der Waals surface area contributed by atoms with E-state index < -0.39 is 0 Å². The van der Waals surface area contributed by atoms with Gasteiger partial charge in [0.1, 0.15) is 0 Å². The number of hydrogen-bond acceptors (Lipinski definition) is 2. The molecule has 2 aliphatic rings.